The maximum absolute atomic E-state index is 13.5. The standard InChI is InChI=1S/C27H27N5O.2ClH/c1-30(25-10-6-3-7-11-25)27(33)32-15-14-31(19-24-17-28-20-29-24)26-13-12-22(16-23(26)18-32)21-8-4-2-5-9-21;;/h2-13,16-17,20H,14-15,18-19H2,1H3,(H,28,29);2*1H. The van der Waals surface area contributed by atoms with Crippen LogP contribution in [0.25, 0.3) is 11.1 Å². The number of aromatic nitrogens is 2. The molecule has 4 aromatic rings. The zero-order chi connectivity index (χ0) is 22.6. The second-order valence-electron chi connectivity index (χ2n) is 8.31. The summed E-state index contributed by atoms with van der Waals surface area (Å²) in [5, 5.41) is 0. The third-order valence-electron chi connectivity index (χ3n) is 6.15. The van der Waals surface area contributed by atoms with Gasteiger partial charge in [-0.25, -0.2) is 9.78 Å². The topological polar surface area (TPSA) is 55.5 Å². The number of imidazole rings is 1. The third-order valence-corrected chi connectivity index (χ3v) is 6.15. The van der Waals surface area contributed by atoms with E-state index in [0.29, 0.717) is 19.6 Å². The molecule has 1 aromatic heterocycles. The number of carbonyl (C=O) groups is 1. The molecular weight excluding hydrogens is 481 g/mol. The number of urea groups is 1. The number of hydrogen-bond acceptors (Lipinski definition) is 3. The van der Waals surface area contributed by atoms with Crippen LogP contribution in [0.4, 0.5) is 16.2 Å². The molecule has 2 heterocycles. The molecule has 0 spiro atoms. The number of benzene rings is 3. The number of halogens is 2. The van der Waals surface area contributed by atoms with E-state index >= 15 is 0 Å². The first-order valence-electron chi connectivity index (χ1n) is 11.2. The molecule has 35 heavy (non-hydrogen) atoms. The van der Waals surface area contributed by atoms with E-state index in [0.717, 1.165) is 34.7 Å². The minimum Gasteiger partial charge on any atom is -0.364 e. The van der Waals surface area contributed by atoms with Crippen LogP contribution >= 0.6 is 24.8 Å². The summed E-state index contributed by atoms with van der Waals surface area (Å²) in [4.78, 5) is 26.8. The average molecular weight is 510 g/mol. The highest BCUT2D eigenvalue weighted by molar-refractivity contribution is 5.91. The lowest BCUT2D eigenvalue weighted by atomic mass is 10.0. The molecule has 6 nitrogen and oxygen atoms in total. The van der Waals surface area contributed by atoms with Crippen molar-refractivity contribution in [2.75, 3.05) is 29.9 Å². The summed E-state index contributed by atoms with van der Waals surface area (Å²) in [5.41, 5.74) is 6.56. The zero-order valence-corrected chi connectivity index (χ0v) is 21.1. The number of para-hydroxylation sites is 1. The highest BCUT2D eigenvalue weighted by atomic mass is 35.5. The minimum absolute atomic E-state index is 0. The van der Waals surface area contributed by atoms with E-state index in [1.807, 2.05) is 54.5 Å². The average Bonchev–Trinajstić information content (AvgIpc) is 3.32. The summed E-state index contributed by atoms with van der Waals surface area (Å²) in [6, 6.07) is 26.7. The number of carbonyl (C=O) groups excluding carboxylic acids is 1. The quantitative estimate of drug-likeness (QED) is 0.367. The first-order chi connectivity index (χ1) is 16.2. The van der Waals surface area contributed by atoms with Gasteiger partial charge in [-0.3, -0.25) is 4.90 Å². The number of amides is 2. The summed E-state index contributed by atoms with van der Waals surface area (Å²) >= 11 is 0. The van der Waals surface area contributed by atoms with Crippen LogP contribution in [0.5, 0.6) is 0 Å². The fraction of sp³-hybridized carbons (Fsp3) is 0.185. The van der Waals surface area contributed by atoms with Crippen molar-refractivity contribution in [3.8, 4) is 11.1 Å². The van der Waals surface area contributed by atoms with E-state index in [4.69, 9.17) is 0 Å². The van der Waals surface area contributed by atoms with Crippen molar-refractivity contribution in [1.82, 2.24) is 14.9 Å². The maximum atomic E-state index is 13.5. The summed E-state index contributed by atoms with van der Waals surface area (Å²) in [7, 11) is 1.84. The van der Waals surface area contributed by atoms with Gasteiger partial charge in [-0.15, -0.1) is 24.8 Å². The molecule has 0 radical (unpaired) electrons. The van der Waals surface area contributed by atoms with Crippen LogP contribution < -0.4 is 9.80 Å². The fourth-order valence-electron chi connectivity index (χ4n) is 4.36. The Labute approximate surface area is 218 Å². The molecule has 0 fully saturated rings. The predicted molar refractivity (Wildman–Crippen MR) is 147 cm³/mol. The van der Waals surface area contributed by atoms with Gasteiger partial charge in [0.1, 0.15) is 0 Å². The summed E-state index contributed by atoms with van der Waals surface area (Å²) in [6.45, 7) is 2.66. The molecule has 5 rings (SSSR count). The van der Waals surface area contributed by atoms with Gasteiger partial charge < -0.3 is 14.8 Å². The minimum atomic E-state index is 0. The van der Waals surface area contributed by atoms with Gasteiger partial charge in [-0.1, -0.05) is 54.6 Å². The van der Waals surface area contributed by atoms with E-state index in [-0.39, 0.29) is 30.8 Å². The lowest BCUT2D eigenvalue weighted by molar-refractivity contribution is 0.206. The number of nitrogens with zero attached hydrogens (tertiary/aromatic N) is 4. The van der Waals surface area contributed by atoms with Gasteiger partial charge in [-0.2, -0.15) is 0 Å². The van der Waals surface area contributed by atoms with Crippen molar-refractivity contribution in [2.45, 2.75) is 13.1 Å². The van der Waals surface area contributed by atoms with Crippen molar-refractivity contribution >= 4 is 42.2 Å². The van der Waals surface area contributed by atoms with Crippen LogP contribution in [0.15, 0.2) is 91.4 Å². The fourth-order valence-corrected chi connectivity index (χ4v) is 4.36. The molecule has 0 bridgehead atoms. The molecule has 3 aromatic carbocycles. The van der Waals surface area contributed by atoms with Crippen LogP contribution in [0.1, 0.15) is 11.3 Å². The van der Waals surface area contributed by atoms with Crippen molar-refractivity contribution in [1.29, 1.82) is 0 Å². The van der Waals surface area contributed by atoms with E-state index in [1.54, 1.807) is 11.2 Å². The van der Waals surface area contributed by atoms with Crippen molar-refractivity contribution in [2.24, 2.45) is 0 Å². The number of nitrogens with one attached hydrogen (secondary N) is 1. The van der Waals surface area contributed by atoms with Gasteiger partial charge >= 0.3 is 6.03 Å². The largest absolute Gasteiger partial charge is 0.364 e. The number of rotatable bonds is 4. The number of fused-ring (bicyclic) bond motifs is 1. The number of H-pyrrole nitrogens is 1. The van der Waals surface area contributed by atoms with Crippen molar-refractivity contribution < 1.29 is 4.79 Å². The van der Waals surface area contributed by atoms with E-state index < -0.39 is 0 Å². The van der Waals surface area contributed by atoms with Gasteiger partial charge in [0.05, 0.1) is 18.6 Å². The van der Waals surface area contributed by atoms with Crippen molar-refractivity contribution in [3.05, 3.63) is 103 Å². The number of hydrogen-bond donors (Lipinski definition) is 1. The first kappa shape index (κ1) is 26.1. The SMILES string of the molecule is CN(C(=O)N1CCN(Cc2cnc[nH]2)c2ccc(-c3ccccc3)cc2C1)c1ccccc1.Cl.Cl. The van der Waals surface area contributed by atoms with Gasteiger partial charge in [0.2, 0.25) is 0 Å². The summed E-state index contributed by atoms with van der Waals surface area (Å²) in [6.07, 6.45) is 3.56. The van der Waals surface area contributed by atoms with Gasteiger partial charge in [0.15, 0.2) is 0 Å². The Morgan fingerprint density at radius 3 is 2.34 bits per heavy atom. The maximum Gasteiger partial charge on any atom is 0.324 e. The molecule has 182 valence electrons. The Morgan fingerprint density at radius 2 is 1.66 bits per heavy atom. The molecule has 0 saturated carbocycles. The second-order valence-corrected chi connectivity index (χ2v) is 8.31. The van der Waals surface area contributed by atoms with E-state index in [1.165, 1.54) is 5.56 Å². The summed E-state index contributed by atoms with van der Waals surface area (Å²) < 4.78 is 0. The Kier molecular flexibility index (Phi) is 8.79. The Morgan fingerprint density at radius 1 is 0.943 bits per heavy atom. The third kappa shape index (κ3) is 5.78. The summed E-state index contributed by atoms with van der Waals surface area (Å²) in [5.74, 6) is 0. The molecule has 1 aliphatic rings. The van der Waals surface area contributed by atoms with Gasteiger partial charge in [-0.05, 0) is 41.0 Å². The predicted octanol–water partition coefficient (Wildman–Crippen LogP) is 6.00. The highest BCUT2D eigenvalue weighted by Gasteiger charge is 2.26. The smallest absolute Gasteiger partial charge is 0.324 e. The molecule has 8 heteroatoms. The molecule has 1 aliphatic heterocycles. The van der Waals surface area contributed by atoms with Gasteiger partial charge in [0, 0.05) is 44.3 Å². The normalized spacial score (nSPS) is 12.6. The lowest BCUT2D eigenvalue weighted by Crippen LogP contribution is -2.42. The van der Waals surface area contributed by atoms with E-state index in [2.05, 4.69) is 57.3 Å². The van der Waals surface area contributed by atoms with Crippen LogP contribution in [-0.4, -0.2) is 41.0 Å². The van der Waals surface area contributed by atoms with Crippen molar-refractivity contribution in [3.63, 3.8) is 0 Å². The molecule has 0 atom stereocenters. The monoisotopic (exact) mass is 509 g/mol. The van der Waals surface area contributed by atoms with Crippen LogP contribution in [0, 0.1) is 0 Å². The Hall–Kier alpha value is -3.48. The van der Waals surface area contributed by atoms with Gasteiger partial charge in [0.25, 0.3) is 0 Å². The lowest BCUT2D eigenvalue weighted by Gasteiger charge is -2.27. The zero-order valence-electron chi connectivity index (χ0n) is 19.5. The Balaban J connectivity index is 0.00000171. The second kappa shape index (κ2) is 11.8. The molecular formula is C27H29Cl2N5O. The number of aromatic amines is 1. The Bertz CT molecular complexity index is 1220. The highest BCUT2D eigenvalue weighted by Crippen LogP contribution is 2.32. The molecule has 0 unspecified atom stereocenters. The molecule has 0 aliphatic carbocycles. The molecule has 1 N–H and O–H groups in total. The van der Waals surface area contributed by atoms with Crippen LogP contribution in [0.3, 0.4) is 0 Å². The number of anilines is 2. The van der Waals surface area contributed by atoms with Crippen LogP contribution in [0.2, 0.25) is 0 Å². The first-order valence-corrected chi connectivity index (χ1v) is 11.2. The molecule has 0 saturated heterocycles. The van der Waals surface area contributed by atoms with Crippen LogP contribution in [-0.2, 0) is 13.1 Å². The molecule has 2 amide bonds. The van der Waals surface area contributed by atoms with E-state index in [9.17, 15) is 4.79 Å².